The number of amides is 1. The average Bonchev–Trinajstić information content (AvgIpc) is 3.30. The molecule has 0 N–H and O–H groups in total. The second-order valence-electron chi connectivity index (χ2n) is 9.46. The summed E-state index contributed by atoms with van der Waals surface area (Å²) in [5.41, 5.74) is 4.05. The lowest BCUT2D eigenvalue weighted by Gasteiger charge is -2.69. The molecule has 2 aromatic heterocycles. The van der Waals surface area contributed by atoms with E-state index in [9.17, 15) is 4.79 Å². The van der Waals surface area contributed by atoms with Crippen LogP contribution >= 0.6 is 0 Å². The smallest absolute Gasteiger partial charge is 0.249 e. The number of carbonyl (C=O) groups is 1. The summed E-state index contributed by atoms with van der Waals surface area (Å²) in [6.07, 6.45) is 10.7. The molecule has 1 amide bonds. The normalized spacial score (nSPS) is 29.1. The first-order valence-electron chi connectivity index (χ1n) is 10.5. The monoisotopic (exact) mass is 400 g/mol. The van der Waals surface area contributed by atoms with E-state index < -0.39 is 0 Å². The van der Waals surface area contributed by atoms with E-state index in [1.54, 1.807) is 17.4 Å². The van der Waals surface area contributed by atoms with Crippen molar-refractivity contribution in [2.75, 3.05) is 0 Å². The van der Waals surface area contributed by atoms with Gasteiger partial charge in [0.05, 0.1) is 34.7 Å². The van der Waals surface area contributed by atoms with E-state index in [-0.39, 0.29) is 22.8 Å². The summed E-state index contributed by atoms with van der Waals surface area (Å²) in [6, 6.07) is 6.32. The zero-order valence-electron chi connectivity index (χ0n) is 17.2. The number of aryl methyl sites for hydroxylation is 2. The Kier molecular flexibility index (Phi) is 3.53. The lowest BCUT2D eigenvalue weighted by Crippen LogP contribution is -2.68. The van der Waals surface area contributed by atoms with Gasteiger partial charge in [0, 0.05) is 30.8 Å². The van der Waals surface area contributed by atoms with E-state index in [1.165, 1.54) is 16.5 Å². The van der Waals surface area contributed by atoms with Crippen molar-refractivity contribution in [3.8, 4) is 0 Å². The highest BCUT2D eigenvalue weighted by Gasteiger charge is 2.72. The Bertz CT molecular complexity index is 1170. The van der Waals surface area contributed by atoms with E-state index in [0.29, 0.717) is 6.42 Å². The van der Waals surface area contributed by atoms with Gasteiger partial charge in [0.25, 0.3) is 0 Å². The molecule has 4 aliphatic rings. The average molecular weight is 400 g/mol. The van der Waals surface area contributed by atoms with Gasteiger partial charge in [-0.1, -0.05) is 11.6 Å². The summed E-state index contributed by atoms with van der Waals surface area (Å²) in [5, 5.41) is 11.9. The number of benzene rings is 1. The summed E-state index contributed by atoms with van der Waals surface area (Å²) in [5.74, 6) is 0.145. The molecule has 152 valence electrons. The fourth-order valence-corrected chi connectivity index (χ4v) is 5.72. The highest BCUT2D eigenvalue weighted by molar-refractivity contribution is 5.88. The molecule has 2 bridgehead atoms. The second-order valence-corrected chi connectivity index (χ2v) is 9.46. The molecular formula is C23H24N6O. The minimum atomic E-state index is -0.252. The molecule has 3 heterocycles. The van der Waals surface area contributed by atoms with Crippen LogP contribution in [0.2, 0.25) is 0 Å². The van der Waals surface area contributed by atoms with Gasteiger partial charge in [0.15, 0.2) is 0 Å². The Morgan fingerprint density at radius 3 is 2.73 bits per heavy atom. The topological polar surface area (TPSA) is 76.3 Å². The molecule has 1 aromatic carbocycles. The third-order valence-corrected chi connectivity index (χ3v) is 7.06. The summed E-state index contributed by atoms with van der Waals surface area (Å²) in [4.78, 5) is 22.2. The van der Waals surface area contributed by atoms with Crippen molar-refractivity contribution >= 4 is 23.0 Å². The molecule has 7 rings (SSSR count). The van der Waals surface area contributed by atoms with Gasteiger partial charge in [-0.3, -0.25) is 19.4 Å². The van der Waals surface area contributed by atoms with Crippen LogP contribution < -0.4 is 0 Å². The molecule has 30 heavy (non-hydrogen) atoms. The minimum Gasteiger partial charge on any atom is -0.272 e. The first-order valence-corrected chi connectivity index (χ1v) is 10.5. The SMILES string of the molecule is Cc1ccc2c(cnn2CC23CC(C(=O)N4N=CCC4c4cnc(C)cn4)(C2)C3)c1. The Balaban J connectivity index is 1.17. The van der Waals surface area contributed by atoms with Crippen molar-refractivity contribution in [3.63, 3.8) is 0 Å². The van der Waals surface area contributed by atoms with Crippen molar-refractivity contribution in [2.45, 2.75) is 52.1 Å². The molecule has 3 aliphatic carbocycles. The molecule has 3 fully saturated rings. The molecular weight excluding hydrogens is 376 g/mol. The van der Waals surface area contributed by atoms with E-state index >= 15 is 0 Å². The van der Waals surface area contributed by atoms with Crippen molar-refractivity contribution < 1.29 is 4.79 Å². The zero-order valence-corrected chi connectivity index (χ0v) is 17.2. The van der Waals surface area contributed by atoms with Gasteiger partial charge in [-0.2, -0.15) is 10.2 Å². The van der Waals surface area contributed by atoms with Gasteiger partial charge in [-0.05, 0) is 50.7 Å². The molecule has 0 radical (unpaired) electrons. The van der Waals surface area contributed by atoms with Gasteiger partial charge < -0.3 is 0 Å². The number of hydrazone groups is 1. The summed E-state index contributed by atoms with van der Waals surface area (Å²) in [7, 11) is 0. The van der Waals surface area contributed by atoms with E-state index in [0.717, 1.165) is 37.2 Å². The van der Waals surface area contributed by atoms with Crippen LogP contribution in [0.1, 0.15) is 48.7 Å². The quantitative estimate of drug-likeness (QED) is 0.671. The molecule has 1 aliphatic heterocycles. The number of aromatic nitrogens is 4. The Labute approximate surface area is 174 Å². The van der Waals surface area contributed by atoms with Crippen molar-refractivity contribution in [2.24, 2.45) is 15.9 Å². The third-order valence-electron chi connectivity index (χ3n) is 7.06. The molecule has 0 spiro atoms. The fraction of sp³-hybridized carbons (Fsp3) is 0.435. The summed E-state index contributed by atoms with van der Waals surface area (Å²) >= 11 is 0. The first-order chi connectivity index (χ1) is 14.5. The number of hydrogen-bond donors (Lipinski definition) is 0. The van der Waals surface area contributed by atoms with Crippen molar-refractivity contribution in [3.05, 3.63) is 53.7 Å². The van der Waals surface area contributed by atoms with E-state index in [2.05, 4.69) is 50.0 Å². The lowest BCUT2D eigenvalue weighted by atomic mass is 9.34. The fourth-order valence-electron chi connectivity index (χ4n) is 5.72. The Morgan fingerprint density at radius 2 is 1.97 bits per heavy atom. The second kappa shape index (κ2) is 5.97. The zero-order chi connectivity index (χ0) is 20.5. The lowest BCUT2D eigenvalue weighted by molar-refractivity contribution is -0.223. The summed E-state index contributed by atoms with van der Waals surface area (Å²) in [6.45, 7) is 4.89. The van der Waals surface area contributed by atoms with E-state index in [1.807, 2.05) is 19.3 Å². The molecule has 1 unspecified atom stereocenters. The highest BCUT2D eigenvalue weighted by atomic mass is 16.2. The van der Waals surface area contributed by atoms with Crippen LogP contribution in [0.25, 0.3) is 10.9 Å². The van der Waals surface area contributed by atoms with Crippen LogP contribution in [0.15, 0.2) is 41.9 Å². The molecule has 1 atom stereocenters. The third kappa shape index (κ3) is 2.47. The van der Waals surface area contributed by atoms with Crippen LogP contribution in [-0.4, -0.2) is 36.9 Å². The molecule has 3 saturated carbocycles. The van der Waals surface area contributed by atoms with Crippen molar-refractivity contribution in [1.29, 1.82) is 0 Å². The van der Waals surface area contributed by atoms with Crippen LogP contribution in [0.4, 0.5) is 0 Å². The Hall–Kier alpha value is -3.09. The number of hydrogen-bond acceptors (Lipinski definition) is 5. The number of fused-ring (bicyclic) bond motifs is 1. The highest BCUT2D eigenvalue weighted by Crippen LogP contribution is 2.74. The molecule has 7 heteroatoms. The van der Waals surface area contributed by atoms with Crippen LogP contribution in [0.3, 0.4) is 0 Å². The maximum absolute atomic E-state index is 13.4. The van der Waals surface area contributed by atoms with Gasteiger partial charge in [0.2, 0.25) is 5.91 Å². The van der Waals surface area contributed by atoms with Gasteiger partial charge >= 0.3 is 0 Å². The molecule has 0 saturated heterocycles. The molecule has 7 nitrogen and oxygen atoms in total. The molecule has 3 aromatic rings. The Morgan fingerprint density at radius 1 is 1.13 bits per heavy atom. The number of nitrogens with zero attached hydrogens (tertiary/aromatic N) is 6. The van der Waals surface area contributed by atoms with Crippen LogP contribution in [0, 0.1) is 24.7 Å². The van der Waals surface area contributed by atoms with Crippen LogP contribution in [-0.2, 0) is 11.3 Å². The number of carbonyl (C=O) groups excluding carboxylic acids is 1. The standard InChI is InChI=1S/C23H24N6O/c1-15-3-4-19-17(7-15)9-27-28(19)14-22-11-23(12-22,13-22)21(30)29-20(5-6-26-29)18-10-24-16(2)8-25-18/h3-4,6-10,20H,5,11-14H2,1-2H3. The maximum atomic E-state index is 13.4. The minimum absolute atomic E-state index is 0.131. The number of rotatable bonds is 4. The summed E-state index contributed by atoms with van der Waals surface area (Å²) < 4.78 is 2.11. The van der Waals surface area contributed by atoms with E-state index in [4.69, 9.17) is 0 Å². The maximum Gasteiger partial charge on any atom is 0.249 e. The van der Waals surface area contributed by atoms with Crippen LogP contribution in [0.5, 0.6) is 0 Å². The van der Waals surface area contributed by atoms with Gasteiger partial charge in [0.1, 0.15) is 6.04 Å². The van der Waals surface area contributed by atoms with Gasteiger partial charge in [-0.15, -0.1) is 0 Å². The largest absolute Gasteiger partial charge is 0.272 e. The van der Waals surface area contributed by atoms with Crippen molar-refractivity contribution in [1.82, 2.24) is 24.8 Å². The first kappa shape index (κ1) is 17.7. The predicted molar refractivity (Wildman–Crippen MR) is 113 cm³/mol. The predicted octanol–water partition coefficient (Wildman–Crippen LogP) is 3.57. The van der Waals surface area contributed by atoms with Gasteiger partial charge in [-0.25, -0.2) is 5.01 Å².